The van der Waals surface area contributed by atoms with Crippen LogP contribution in [0.2, 0.25) is 0 Å². The number of ether oxygens (including phenoxy) is 2. The summed E-state index contributed by atoms with van der Waals surface area (Å²) >= 11 is 0. The lowest BCUT2D eigenvalue weighted by molar-refractivity contribution is -0.276. The highest BCUT2D eigenvalue weighted by atomic mass is 16.7. The summed E-state index contributed by atoms with van der Waals surface area (Å²) in [6, 6.07) is 16.6. The molecular formula is C36H58N2O3. The summed E-state index contributed by atoms with van der Waals surface area (Å²) in [6.45, 7) is 10.6. The highest BCUT2D eigenvalue weighted by Crippen LogP contribution is 2.42. The molecule has 0 aromatic heterocycles. The molecule has 1 fully saturated rings. The average molecular weight is 567 g/mol. The highest BCUT2D eigenvalue weighted by Gasteiger charge is 2.39. The molecule has 0 bridgehead atoms. The smallest absolute Gasteiger partial charge is 0.184 e. The molecule has 0 unspecified atom stereocenters. The fourth-order valence-electron chi connectivity index (χ4n) is 5.92. The van der Waals surface area contributed by atoms with Crippen molar-refractivity contribution in [3.8, 4) is 0 Å². The van der Waals surface area contributed by atoms with Crippen molar-refractivity contribution in [2.45, 2.75) is 129 Å². The van der Waals surface area contributed by atoms with Crippen LogP contribution in [0.25, 0.3) is 0 Å². The molecule has 1 aliphatic heterocycles. The van der Waals surface area contributed by atoms with Gasteiger partial charge in [0.05, 0.1) is 18.8 Å². The Balaban J connectivity index is 1.73. The first-order valence-electron chi connectivity index (χ1n) is 16.6. The van der Waals surface area contributed by atoms with Crippen LogP contribution in [-0.2, 0) is 22.6 Å². The second kappa shape index (κ2) is 19.4. The zero-order chi connectivity index (χ0) is 29.3. The molecule has 2 aromatic carbocycles. The van der Waals surface area contributed by atoms with Crippen molar-refractivity contribution in [2.24, 2.45) is 11.7 Å². The molecule has 3 N–H and O–H groups in total. The molecule has 0 saturated carbocycles. The molecule has 1 heterocycles. The number of nitrogens with zero attached hydrogens (tertiary/aromatic N) is 1. The maximum absolute atomic E-state index is 9.56. The van der Waals surface area contributed by atoms with Gasteiger partial charge < -0.3 is 25.2 Å². The van der Waals surface area contributed by atoms with Gasteiger partial charge in [0, 0.05) is 24.6 Å². The van der Waals surface area contributed by atoms with Crippen molar-refractivity contribution in [1.82, 2.24) is 4.90 Å². The first-order chi connectivity index (χ1) is 20.1. The van der Waals surface area contributed by atoms with E-state index in [9.17, 15) is 5.11 Å². The number of aliphatic hydroxyl groups is 1. The number of benzene rings is 2. The number of unbranched alkanes of at least 4 members (excludes halogenated alkanes) is 10. The lowest BCUT2D eigenvalue weighted by Crippen LogP contribution is -2.45. The first-order valence-corrected chi connectivity index (χ1v) is 16.6. The molecule has 0 spiro atoms. The summed E-state index contributed by atoms with van der Waals surface area (Å²) in [5, 5.41) is 9.56. The predicted octanol–water partition coefficient (Wildman–Crippen LogP) is 8.45. The third-order valence-corrected chi connectivity index (χ3v) is 8.70. The van der Waals surface area contributed by atoms with E-state index < -0.39 is 6.29 Å². The van der Waals surface area contributed by atoms with Gasteiger partial charge in [-0.05, 0) is 42.6 Å². The minimum Gasteiger partial charge on any atom is -0.392 e. The van der Waals surface area contributed by atoms with E-state index in [4.69, 9.17) is 15.2 Å². The molecule has 230 valence electrons. The van der Waals surface area contributed by atoms with Gasteiger partial charge in [0.2, 0.25) is 0 Å². The molecule has 5 nitrogen and oxygen atoms in total. The van der Waals surface area contributed by atoms with Crippen molar-refractivity contribution in [3.63, 3.8) is 0 Å². The summed E-state index contributed by atoms with van der Waals surface area (Å²) < 4.78 is 13.4. The SMILES string of the molecule is CCCCCCCCN(CCCCCCCC)C[C@@H]1O[C@H](c2ccc(CN)cc2)O[C@H](c2ccc(CO)cc2)[C@@H]1C. The second-order valence-corrected chi connectivity index (χ2v) is 12.1. The van der Waals surface area contributed by atoms with Gasteiger partial charge in [0.1, 0.15) is 0 Å². The summed E-state index contributed by atoms with van der Waals surface area (Å²) in [5.74, 6) is 0.200. The molecule has 3 rings (SSSR count). The number of aliphatic hydroxyl groups excluding tert-OH is 1. The van der Waals surface area contributed by atoms with Gasteiger partial charge in [-0.1, -0.05) is 134 Å². The van der Waals surface area contributed by atoms with Gasteiger partial charge in [0.25, 0.3) is 0 Å². The lowest BCUT2D eigenvalue weighted by Gasteiger charge is -2.43. The Morgan fingerprint density at radius 2 is 1.20 bits per heavy atom. The number of hydrogen-bond donors (Lipinski definition) is 2. The summed E-state index contributed by atoms with van der Waals surface area (Å²) in [5.41, 5.74) is 10.1. The predicted molar refractivity (Wildman–Crippen MR) is 170 cm³/mol. The van der Waals surface area contributed by atoms with Crippen LogP contribution in [0.5, 0.6) is 0 Å². The Morgan fingerprint density at radius 1 is 0.683 bits per heavy atom. The van der Waals surface area contributed by atoms with Crippen molar-refractivity contribution in [1.29, 1.82) is 0 Å². The lowest BCUT2D eigenvalue weighted by atomic mass is 9.90. The maximum atomic E-state index is 9.56. The zero-order valence-electron chi connectivity index (χ0n) is 26.2. The Hall–Kier alpha value is -1.76. The van der Waals surface area contributed by atoms with E-state index in [1.807, 2.05) is 12.1 Å². The van der Waals surface area contributed by atoms with Gasteiger partial charge in [-0.15, -0.1) is 0 Å². The fraction of sp³-hybridized carbons (Fsp3) is 0.667. The Bertz CT molecular complexity index is 917. The highest BCUT2D eigenvalue weighted by molar-refractivity contribution is 5.27. The van der Waals surface area contributed by atoms with E-state index in [-0.39, 0.29) is 24.7 Å². The van der Waals surface area contributed by atoms with Crippen molar-refractivity contribution >= 4 is 0 Å². The average Bonchev–Trinajstić information content (AvgIpc) is 3.01. The number of rotatable bonds is 20. The largest absolute Gasteiger partial charge is 0.392 e. The Morgan fingerprint density at radius 3 is 1.73 bits per heavy atom. The normalized spacial score (nSPS) is 21.0. The standard InChI is InChI=1S/C36H58N2O3/c1-4-6-8-10-12-14-24-38(25-15-13-11-9-7-5-2)27-34-29(3)35(32-20-18-31(28-39)19-21-32)41-36(40-34)33-22-16-30(26-37)17-23-33/h16-23,29,34-36,39H,4-15,24-28,37H2,1-3H3/t29-,34+,35+,36+/m1/s1. The molecule has 41 heavy (non-hydrogen) atoms. The van der Waals surface area contributed by atoms with Crippen molar-refractivity contribution < 1.29 is 14.6 Å². The van der Waals surface area contributed by atoms with E-state index in [1.54, 1.807) is 0 Å². The maximum Gasteiger partial charge on any atom is 0.184 e. The van der Waals surface area contributed by atoms with Crippen molar-refractivity contribution in [2.75, 3.05) is 19.6 Å². The van der Waals surface area contributed by atoms with Gasteiger partial charge in [-0.3, -0.25) is 0 Å². The second-order valence-electron chi connectivity index (χ2n) is 12.1. The number of hydrogen-bond acceptors (Lipinski definition) is 5. The zero-order valence-corrected chi connectivity index (χ0v) is 26.2. The van der Waals surface area contributed by atoms with Crippen molar-refractivity contribution in [3.05, 3.63) is 70.8 Å². The van der Waals surface area contributed by atoms with Gasteiger partial charge in [0.15, 0.2) is 6.29 Å². The molecular weight excluding hydrogens is 508 g/mol. The molecule has 2 aromatic rings. The molecule has 0 aliphatic carbocycles. The summed E-state index contributed by atoms with van der Waals surface area (Å²) in [7, 11) is 0. The summed E-state index contributed by atoms with van der Waals surface area (Å²) in [4.78, 5) is 2.67. The van der Waals surface area contributed by atoms with Gasteiger partial charge in [-0.25, -0.2) is 0 Å². The number of nitrogens with two attached hydrogens (primary N) is 1. The van der Waals surface area contributed by atoms with Crippen LogP contribution < -0.4 is 5.73 Å². The Labute approximate surface area is 250 Å². The van der Waals surface area contributed by atoms with E-state index in [0.717, 1.165) is 41.9 Å². The topological polar surface area (TPSA) is 68.0 Å². The quantitative estimate of drug-likeness (QED) is 0.157. The van der Waals surface area contributed by atoms with Gasteiger partial charge >= 0.3 is 0 Å². The molecule has 1 aliphatic rings. The molecule has 5 heteroatoms. The monoisotopic (exact) mass is 566 g/mol. The van der Waals surface area contributed by atoms with E-state index in [0.29, 0.717) is 6.54 Å². The van der Waals surface area contributed by atoms with E-state index >= 15 is 0 Å². The minimum atomic E-state index is -0.421. The van der Waals surface area contributed by atoms with Crippen LogP contribution in [0.1, 0.15) is 132 Å². The Kier molecular flexibility index (Phi) is 16.0. The van der Waals surface area contributed by atoms with Crippen LogP contribution >= 0.6 is 0 Å². The van der Waals surface area contributed by atoms with Crippen LogP contribution in [0.4, 0.5) is 0 Å². The molecule has 4 atom stereocenters. The minimum absolute atomic E-state index is 0.0507. The molecule has 0 amide bonds. The molecule has 1 saturated heterocycles. The summed E-state index contributed by atoms with van der Waals surface area (Å²) in [6.07, 6.45) is 15.4. The fourth-order valence-corrected chi connectivity index (χ4v) is 5.92. The van der Waals surface area contributed by atoms with E-state index in [1.165, 1.54) is 77.0 Å². The third kappa shape index (κ3) is 11.4. The van der Waals surface area contributed by atoms with Crippen LogP contribution in [-0.4, -0.2) is 35.7 Å². The first kappa shape index (κ1) is 33.7. The van der Waals surface area contributed by atoms with Crippen LogP contribution in [0.3, 0.4) is 0 Å². The third-order valence-electron chi connectivity index (χ3n) is 8.70. The van der Waals surface area contributed by atoms with Crippen LogP contribution in [0.15, 0.2) is 48.5 Å². The van der Waals surface area contributed by atoms with E-state index in [2.05, 4.69) is 62.1 Å². The molecule has 0 radical (unpaired) electrons. The van der Waals surface area contributed by atoms with Gasteiger partial charge in [-0.2, -0.15) is 0 Å². The van der Waals surface area contributed by atoms with Crippen LogP contribution in [0, 0.1) is 5.92 Å².